The van der Waals surface area contributed by atoms with E-state index in [-0.39, 0.29) is 6.42 Å². The van der Waals surface area contributed by atoms with E-state index in [1.807, 2.05) is 0 Å². The summed E-state index contributed by atoms with van der Waals surface area (Å²) < 4.78 is 44.5. The van der Waals surface area contributed by atoms with Gasteiger partial charge in [-0.25, -0.2) is 16.8 Å². The molecule has 7 nitrogen and oxygen atoms in total. The van der Waals surface area contributed by atoms with Crippen molar-refractivity contribution in [1.29, 1.82) is 0 Å². The first kappa shape index (κ1) is 12.5. The molecular formula is C3H6ClN3O4S2. The van der Waals surface area contributed by atoms with E-state index in [1.165, 1.54) is 0 Å². The van der Waals surface area contributed by atoms with Gasteiger partial charge in [0.2, 0.25) is 19.1 Å². The Labute approximate surface area is 79.8 Å². The standard InChI is InChI=1S/C3H6ClN3O4S2/c4-12(8,9)2-1-3-13(10,11)7-6-5/h1-3H2. The van der Waals surface area contributed by atoms with Crippen LogP contribution < -0.4 is 0 Å². The van der Waals surface area contributed by atoms with Gasteiger partial charge < -0.3 is 0 Å². The highest BCUT2D eigenvalue weighted by Gasteiger charge is 2.11. The highest BCUT2D eigenvalue weighted by atomic mass is 35.7. The second-order valence-corrected chi connectivity index (χ2v) is 6.69. The van der Waals surface area contributed by atoms with Gasteiger partial charge in [0.25, 0.3) is 0 Å². The van der Waals surface area contributed by atoms with E-state index in [4.69, 9.17) is 16.2 Å². The molecule has 10 heteroatoms. The molecule has 13 heavy (non-hydrogen) atoms. The summed E-state index contributed by atoms with van der Waals surface area (Å²) in [6.07, 6.45) is -0.187. The first-order valence-corrected chi connectivity index (χ1v) is 7.07. The van der Waals surface area contributed by atoms with Crippen LogP contribution in [0.1, 0.15) is 6.42 Å². The summed E-state index contributed by atoms with van der Waals surface area (Å²) in [5, 5.41) is 0. The number of nitrogens with zero attached hydrogens (tertiary/aromatic N) is 3. The Balaban J connectivity index is 4.14. The fourth-order valence-electron chi connectivity index (χ4n) is 0.510. The Bertz CT molecular complexity index is 406. The molecule has 0 aromatic carbocycles. The van der Waals surface area contributed by atoms with Crippen molar-refractivity contribution in [2.45, 2.75) is 6.42 Å². The van der Waals surface area contributed by atoms with Gasteiger partial charge in [0.1, 0.15) is 0 Å². The molecule has 0 aliphatic rings. The highest BCUT2D eigenvalue weighted by molar-refractivity contribution is 8.13. The lowest BCUT2D eigenvalue weighted by Gasteiger charge is -1.94. The number of rotatable bonds is 5. The average Bonchev–Trinajstić information content (AvgIpc) is 1.82. The van der Waals surface area contributed by atoms with Gasteiger partial charge >= 0.3 is 0 Å². The normalized spacial score (nSPS) is 12.1. The Morgan fingerprint density at radius 2 is 1.77 bits per heavy atom. The molecule has 0 amide bonds. The minimum atomic E-state index is -3.87. The first-order valence-electron chi connectivity index (χ1n) is 2.98. The van der Waals surface area contributed by atoms with Crippen molar-refractivity contribution in [2.24, 2.45) is 4.52 Å². The lowest BCUT2D eigenvalue weighted by Crippen LogP contribution is -2.06. The van der Waals surface area contributed by atoms with Crippen LogP contribution in [0.3, 0.4) is 0 Å². The molecule has 0 saturated carbocycles. The number of halogens is 1. The van der Waals surface area contributed by atoms with Gasteiger partial charge in [0, 0.05) is 20.1 Å². The summed E-state index contributed by atoms with van der Waals surface area (Å²) >= 11 is 0. The summed E-state index contributed by atoms with van der Waals surface area (Å²) in [5.41, 5.74) is 7.80. The molecular weight excluding hydrogens is 242 g/mol. The van der Waals surface area contributed by atoms with Crippen molar-refractivity contribution in [2.75, 3.05) is 11.5 Å². The van der Waals surface area contributed by atoms with Gasteiger partial charge in [-0.2, -0.15) is 0 Å². The van der Waals surface area contributed by atoms with Crippen molar-refractivity contribution in [1.82, 2.24) is 0 Å². The van der Waals surface area contributed by atoms with Gasteiger partial charge in [0.05, 0.1) is 11.5 Å². The number of azide groups is 1. The second-order valence-electron chi connectivity index (χ2n) is 2.05. The van der Waals surface area contributed by atoms with Gasteiger partial charge in [-0.1, -0.05) is 0 Å². The molecule has 0 aliphatic heterocycles. The molecule has 0 fully saturated rings. The fourth-order valence-corrected chi connectivity index (χ4v) is 2.21. The monoisotopic (exact) mass is 247 g/mol. The van der Waals surface area contributed by atoms with E-state index in [1.54, 1.807) is 0 Å². The number of hydrogen-bond donors (Lipinski definition) is 0. The molecule has 0 N–H and O–H groups in total. The van der Waals surface area contributed by atoms with Crippen LogP contribution in [-0.2, 0) is 19.1 Å². The van der Waals surface area contributed by atoms with E-state index in [2.05, 4.69) is 9.43 Å². The van der Waals surface area contributed by atoms with Crippen LogP contribution in [0.5, 0.6) is 0 Å². The average molecular weight is 248 g/mol. The molecule has 0 spiro atoms. The van der Waals surface area contributed by atoms with E-state index in [9.17, 15) is 16.8 Å². The van der Waals surface area contributed by atoms with Crippen LogP contribution in [0.15, 0.2) is 4.52 Å². The molecule has 0 aromatic heterocycles. The van der Waals surface area contributed by atoms with Crippen LogP contribution in [-0.4, -0.2) is 28.3 Å². The third-order valence-corrected chi connectivity index (χ3v) is 3.32. The molecule has 0 bridgehead atoms. The van der Waals surface area contributed by atoms with Crippen LogP contribution in [0.25, 0.3) is 10.4 Å². The zero-order valence-electron chi connectivity index (χ0n) is 6.29. The van der Waals surface area contributed by atoms with Crippen LogP contribution in [0.4, 0.5) is 0 Å². The van der Waals surface area contributed by atoms with Crippen molar-refractivity contribution < 1.29 is 16.8 Å². The Morgan fingerprint density at radius 3 is 2.15 bits per heavy atom. The molecule has 0 heterocycles. The van der Waals surface area contributed by atoms with E-state index in [0.717, 1.165) is 0 Å². The molecule has 0 rings (SSSR count). The molecule has 0 radical (unpaired) electrons. The van der Waals surface area contributed by atoms with Crippen molar-refractivity contribution in [3.8, 4) is 0 Å². The van der Waals surface area contributed by atoms with E-state index >= 15 is 0 Å². The smallest absolute Gasteiger partial charge is 0.221 e. The minimum Gasteiger partial charge on any atom is -0.221 e. The molecule has 0 aliphatic carbocycles. The SMILES string of the molecule is [N-]=[N+]=NS(=O)(=O)CCCS(=O)(=O)Cl. The third kappa shape index (κ3) is 7.85. The van der Waals surface area contributed by atoms with Crippen LogP contribution >= 0.6 is 10.7 Å². The molecule has 0 saturated heterocycles. The number of hydrogen-bond acceptors (Lipinski definition) is 4. The Morgan fingerprint density at radius 1 is 1.23 bits per heavy atom. The minimum absolute atomic E-state index is 0.187. The molecule has 0 unspecified atom stereocenters. The Kier molecular flexibility index (Phi) is 4.48. The first-order chi connectivity index (χ1) is 5.77. The van der Waals surface area contributed by atoms with Crippen LogP contribution in [0, 0.1) is 0 Å². The topological polar surface area (TPSA) is 117 Å². The molecule has 76 valence electrons. The van der Waals surface area contributed by atoms with E-state index < -0.39 is 30.6 Å². The molecule has 0 aromatic rings. The third-order valence-electron chi connectivity index (χ3n) is 0.951. The fraction of sp³-hybridized carbons (Fsp3) is 1.00. The summed E-state index contributed by atoms with van der Waals surface area (Å²) in [6, 6.07) is 0. The predicted molar refractivity (Wildman–Crippen MR) is 47.2 cm³/mol. The summed E-state index contributed by atoms with van der Waals surface area (Å²) in [6.45, 7) is 0. The molecule has 0 atom stereocenters. The van der Waals surface area contributed by atoms with Crippen molar-refractivity contribution in [3.63, 3.8) is 0 Å². The van der Waals surface area contributed by atoms with Crippen LogP contribution in [0.2, 0.25) is 0 Å². The lowest BCUT2D eigenvalue weighted by atomic mass is 10.6. The zero-order valence-corrected chi connectivity index (χ0v) is 8.68. The maximum Gasteiger partial charge on any atom is 0.235 e. The van der Waals surface area contributed by atoms with E-state index in [0.29, 0.717) is 0 Å². The zero-order chi connectivity index (χ0) is 10.5. The second kappa shape index (κ2) is 4.66. The number of sulfonamides is 1. The Hall–Kier alpha value is -0.500. The van der Waals surface area contributed by atoms with Gasteiger partial charge in [-0.3, -0.25) is 0 Å². The maximum absolute atomic E-state index is 10.7. The maximum atomic E-state index is 10.7. The van der Waals surface area contributed by atoms with Gasteiger partial charge in [0.15, 0.2) is 0 Å². The summed E-state index contributed by atoms with van der Waals surface area (Å²) in [5.74, 6) is -0.988. The van der Waals surface area contributed by atoms with Gasteiger partial charge in [-0.05, 0) is 12.0 Å². The largest absolute Gasteiger partial charge is 0.235 e. The summed E-state index contributed by atoms with van der Waals surface area (Å²) in [4.78, 5) is 2.08. The van der Waals surface area contributed by atoms with Gasteiger partial charge in [-0.15, -0.1) is 0 Å². The van der Waals surface area contributed by atoms with Crippen molar-refractivity contribution >= 4 is 29.8 Å². The predicted octanol–water partition coefficient (Wildman–Crippen LogP) is 0.585. The summed E-state index contributed by atoms with van der Waals surface area (Å²) in [7, 11) is -2.74. The lowest BCUT2D eigenvalue weighted by molar-refractivity contribution is 0.594. The quantitative estimate of drug-likeness (QED) is 0.306. The van der Waals surface area contributed by atoms with Crippen molar-refractivity contribution in [3.05, 3.63) is 10.4 Å². The highest BCUT2D eigenvalue weighted by Crippen LogP contribution is 2.02.